The summed E-state index contributed by atoms with van der Waals surface area (Å²) in [4.78, 5) is 10.6. The Morgan fingerprint density at radius 3 is 2.60 bits per heavy atom. The third-order valence-corrected chi connectivity index (χ3v) is 4.75. The number of aliphatic hydroxyl groups is 1. The average Bonchev–Trinajstić information content (AvgIpc) is 2.64. The van der Waals surface area contributed by atoms with Crippen molar-refractivity contribution in [1.82, 2.24) is 14.9 Å². The lowest BCUT2D eigenvalue weighted by atomic mass is 9.86. The zero-order valence-corrected chi connectivity index (χ0v) is 14.4. The third-order valence-electron chi connectivity index (χ3n) is 4.75. The molecular formula is C19H23N5O. The van der Waals surface area contributed by atoms with Crippen molar-refractivity contribution < 1.29 is 5.11 Å². The number of aryl methyl sites for hydroxylation is 1. The normalized spacial score (nSPS) is 15.7. The number of likely N-dealkylation sites (tertiary alicyclic amines) is 1. The molecule has 1 aliphatic rings. The van der Waals surface area contributed by atoms with Gasteiger partial charge in [0.05, 0.1) is 24.6 Å². The molecule has 6 nitrogen and oxygen atoms in total. The van der Waals surface area contributed by atoms with Gasteiger partial charge in [-0.25, -0.2) is 9.97 Å². The maximum atomic E-state index is 9.05. The highest BCUT2D eigenvalue weighted by molar-refractivity contribution is 5.56. The second-order valence-corrected chi connectivity index (χ2v) is 6.44. The number of benzene rings is 1. The van der Waals surface area contributed by atoms with Gasteiger partial charge in [0.25, 0.3) is 0 Å². The number of nitrogens with zero attached hydrogens (tertiary/aromatic N) is 4. The van der Waals surface area contributed by atoms with E-state index in [4.69, 9.17) is 10.4 Å². The van der Waals surface area contributed by atoms with Gasteiger partial charge in [0.1, 0.15) is 6.07 Å². The third kappa shape index (κ3) is 4.32. The maximum Gasteiger partial charge on any atom is 0.227 e. The van der Waals surface area contributed by atoms with Crippen LogP contribution >= 0.6 is 0 Å². The molecular weight excluding hydrogens is 314 g/mol. The van der Waals surface area contributed by atoms with Crippen molar-refractivity contribution in [3.05, 3.63) is 47.3 Å². The van der Waals surface area contributed by atoms with Crippen LogP contribution in [0.15, 0.2) is 30.6 Å². The number of aromatic nitrogens is 2. The van der Waals surface area contributed by atoms with Crippen LogP contribution in [-0.2, 0) is 0 Å². The lowest BCUT2D eigenvalue weighted by Crippen LogP contribution is -2.35. The van der Waals surface area contributed by atoms with Gasteiger partial charge in [0.15, 0.2) is 0 Å². The van der Waals surface area contributed by atoms with Crippen LogP contribution in [-0.4, -0.2) is 46.2 Å². The Bertz CT molecular complexity index is 745. The quantitative estimate of drug-likeness (QED) is 0.872. The fourth-order valence-corrected chi connectivity index (χ4v) is 3.40. The van der Waals surface area contributed by atoms with E-state index in [1.54, 1.807) is 0 Å². The molecule has 6 heteroatoms. The molecule has 0 aliphatic carbocycles. The Morgan fingerprint density at radius 2 is 2.00 bits per heavy atom. The molecule has 0 bridgehead atoms. The summed E-state index contributed by atoms with van der Waals surface area (Å²) >= 11 is 0. The molecule has 1 saturated heterocycles. The summed E-state index contributed by atoms with van der Waals surface area (Å²) in [5.74, 6) is 1.07. The van der Waals surface area contributed by atoms with E-state index in [0.29, 0.717) is 17.4 Å². The highest BCUT2D eigenvalue weighted by atomic mass is 16.3. The van der Waals surface area contributed by atoms with Crippen LogP contribution < -0.4 is 5.32 Å². The van der Waals surface area contributed by atoms with Crippen molar-refractivity contribution in [2.24, 2.45) is 0 Å². The van der Waals surface area contributed by atoms with Gasteiger partial charge >= 0.3 is 0 Å². The molecule has 3 rings (SSSR count). The first-order valence-electron chi connectivity index (χ1n) is 8.62. The fourth-order valence-electron chi connectivity index (χ4n) is 3.40. The average molecular weight is 337 g/mol. The van der Waals surface area contributed by atoms with Crippen molar-refractivity contribution in [2.45, 2.75) is 25.7 Å². The number of piperidine rings is 1. The molecule has 1 aliphatic heterocycles. The van der Waals surface area contributed by atoms with Crippen LogP contribution in [0.2, 0.25) is 0 Å². The predicted molar refractivity (Wildman–Crippen MR) is 96.7 cm³/mol. The van der Waals surface area contributed by atoms with Gasteiger partial charge in [-0.05, 0) is 62.0 Å². The van der Waals surface area contributed by atoms with Crippen molar-refractivity contribution in [2.75, 3.05) is 31.6 Å². The Morgan fingerprint density at radius 1 is 1.28 bits per heavy atom. The second kappa shape index (κ2) is 8.06. The summed E-state index contributed by atoms with van der Waals surface area (Å²) < 4.78 is 0. The van der Waals surface area contributed by atoms with Gasteiger partial charge in [-0.15, -0.1) is 0 Å². The number of aliphatic hydroxyl groups excluding tert-OH is 1. The summed E-state index contributed by atoms with van der Waals surface area (Å²) in [6.07, 6.45) is 5.28. The van der Waals surface area contributed by atoms with E-state index in [9.17, 15) is 0 Å². The molecule has 0 atom stereocenters. The minimum Gasteiger partial charge on any atom is -0.395 e. The van der Waals surface area contributed by atoms with Gasteiger partial charge in [-0.3, -0.25) is 0 Å². The highest BCUT2D eigenvalue weighted by Crippen LogP contribution is 2.31. The van der Waals surface area contributed by atoms with E-state index in [1.165, 1.54) is 23.5 Å². The first-order valence-corrected chi connectivity index (χ1v) is 8.62. The Labute approximate surface area is 148 Å². The minimum atomic E-state index is 0.238. The van der Waals surface area contributed by atoms with Gasteiger partial charge < -0.3 is 15.3 Å². The van der Waals surface area contributed by atoms with Gasteiger partial charge in [0, 0.05) is 12.2 Å². The number of β-amino-alcohol motifs (C(OH)–C–C–N with tert-alkyl or cyclic N) is 1. The van der Waals surface area contributed by atoms with Crippen LogP contribution in [0, 0.1) is 18.3 Å². The van der Waals surface area contributed by atoms with Crippen molar-refractivity contribution >= 4 is 11.6 Å². The zero-order valence-electron chi connectivity index (χ0n) is 14.4. The number of rotatable bonds is 5. The molecule has 1 aromatic carbocycles. The molecule has 0 amide bonds. The summed E-state index contributed by atoms with van der Waals surface area (Å²) in [7, 11) is 0. The molecule has 0 spiro atoms. The van der Waals surface area contributed by atoms with E-state index in [2.05, 4.69) is 45.3 Å². The van der Waals surface area contributed by atoms with Crippen LogP contribution in [0.4, 0.5) is 11.6 Å². The van der Waals surface area contributed by atoms with E-state index in [1.807, 2.05) is 6.07 Å². The highest BCUT2D eigenvalue weighted by Gasteiger charge is 2.21. The molecule has 0 radical (unpaired) electrons. The summed E-state index contributed by atoms with van der Waals surface area (Å²) in [5, 5.41) is 21.0. The summed E-state index contributed by atoms with van der Waals surface area (Å²) in [6.45, 7) is 5.24. The summed E-state index contributed by atoms with van der Waals surface area (Å²) in [5.41, 5.74) is 4.06. The van der Waals surface area contributed by atoms with E-state index >= 15 is 0 Å². The van der Waals surface area contributed by atoms with Crippen LogP contribution in [0.5, 0.6) is 0 Å². The molecule has 2 heterocycles. The number of hydrogen-bond donors (Lipinski definition) is 2. The van der Waals surface area contributed by atoms with Gasteiger partial charge in [0.2, 0.25) is 5.95 Å². The molecule has 2 aromatic rings. The molecule has 25 heavy (non-hydrogen) atoms. The predicted octanol–water partition coefficient (Wildman–Crippen LogP) is 2.57. The van der Waals surface area contributed by atoms with Crippen LogP contribution in [0.3, 0.4) is 0 Å². The van der Waals surface area contributed by atoms with E-state index < -0.39 is 0 Å². The van der Waals surface area contributed by atoms with Crippen molar-refractivity contribution in [1.29, 1.82) is 5.26 Å². The number of nitrogens with one attached hydrogen (secondary N) is 1. The smallest absolute Gasteiger partial charge is 0.227 e. The lowest BCUT2D eigenvalue weighted by molar-refractivity contribution is 0.164. The van der Waals surface area contributed by atoms with E-state index in [0.717, 1.165) is 38.2 Å². The topological polar surface area (TPSA) is 85.1 Å². The van der Waals surface area contributed by atoms with Crippen molar-refractivity contribution in [3.63, 3.8) is 0 Å². The number of hydrogen-bond acceptors (Lipinski definition) is 6. The number of anilines is 2. The van der Waals surface area contributed by atoms with Crippen LogP contribution in [0.25, 0.3) is 0 Å². The SMILES string of the molecule is Cc1cc(Nc2ncc(C#N)cn2)ccc1C1CCN(CCO)CC1. The zero-order chi connectivity index (χ0) is 17.6. The van der Waals surface area contributed by atoms with Crippen molar-refractivity contribution in [3.8, 4) is 6.07 Å². The second-order valence-electron chi connectivity index (χ2n) is 6.44. The number of nitriles is 1. The first kappa shape index (κ1) is 17.3. The van der Waals surface area contributed by atoms with Gasteiger partial charge in [-0.2, -0.15) is 5.26 Å². The summed E-state index contributed by atoms with van der Waals surface area (Å²) in [6, 6.07) is 8.38. The molecule has 130 valence electrons. The molecule has 0 saturated carbocycles. The lowest BCUT2D eigenvalue weighted by Gasteiger charge is -2.32. The molecule has 1 fully saturated rings. The monoisotopic (exact) mass is 337 g/mol. The molecule has 1 aromatic heterocycles. The molecule has 0 unspecified atom stereocenters. The molecule has 2 N–H and O–H groups in total. The minimum absolute atomic E-state index is 0.238. The van der Waals surface area contributed by atoms with Crippen LogP contribution in [0.1, 0.15) is 35.4 Å². The maximum absolute atomic E-state index is 9.05. The first-order chi connectivity index (χ1) is 12.2. The largest absolute Gasteiger partial charge is 0.395 e. The standard InChI is InChI=1S/C19H23N5O/c1-14-10-17(23-19-21-12-15(11-20)13-22-19)2-3-18(14)16-4-6-24(7-5-16)8-9-25/h2-3,10,12-13,16,25H,4-9H2,1H3,(H,21,22,23). The fraction of sp³-hybridized carbons (Fsp3) is 0.421. The Balaban J connectivity index is 1.65. The Hall–Kier alpha value is -2.49. The Kier molecular flexibility index (Phi) is 5.59. The van der Waals surface area contributed by atoms with E-state index in [-0.39, 0.29) is 6.61 Å². The van der Waals surface area contributed by atoms with Gasteiger partial charge in [-0.1, -0.05) is 6.07 Å².